The molecule has 1 atom stereocenters. The zero-order valence-corrected chi connectivity index (χ0v) is 12.8. The minimum Gasteiger partial charge on any atom is -0.315 e. The Morgan fingerprint density at radius 3 is 2.56 bits per heavy atom. The topological polar surface area (TPSA) is 49.4 Å². The maximum absolute atomic E-state index is 11.5. The minimum atomic E-state index is -2.78. The Kier molecular flexibility index (Phi) is 6.60. The van der Waals surface area contributed by atoms with E-state index in [0.717, 1.165) is 32.4 Å². The van der Waals surface area contributed by atoms with Gasteiger partial charge in [-0.2, -0.15) is 0 Å². The van der Waals surface area contributed by atoms with Crippen molar-refractivity contribution in [3.8, 4) is 0 Å². The van der Waals surface area contributed by atoms with E-state index in [2.05, 4.69) is 31.0 Å². The number of nitrogens with one attached hydrogen (secondary N) is 1. The van der Waals surface area contributed by atoms with Crippen molar-refractivity contribution in [1.82, 2.24) is 10.2 Å². The van der Waals surface area contributed by atoms with E-state index in [1.807, 2.05) is 0 Å². The summed E-state index contributed by atoms with van der Waals surface area (Å²) in [6.07, 6.45) is 3.08. The van der Waals surface area contributed by atoms with Crippen LogP contribution in [0.2, 0.25) is 0 Å². The van der Waals surface area contributed by atoms with Crippen LogP contribution in [0.3, 0.4) is 0 Å². The Bertz CT molecular complexity index is 328. The summed E-state index contributed by atoms with van der Waals surface area (Å²) in [7, 11) is -2.78. The average Bonchev–Trinajstić information content (AvgIpc) is 2.45. The summed E-state index contributed by atoms with van der Waals surface area (Å²) in [5.41, 5.74) is 0. The van der Waals surface area contributed by atoms with Crippen LogP contribution in [0.15, 0.2) is 0 Å². The first-order chi connectivity index (χ1) is 8.41. The van der Waals surface area contributed by atoms with Crippen LogP contribution in [0.25, 0.3) is 0 Å². The van der Waals surface area contributed by atoms with E-state index in [-0.39, 0.29) is 0 Å². The molecule has 0 aliphatic carbocycles. The molecule has 0 aromatic rings. The fourth-order valence-corrected chi connectivity index (χ4v) is 3.66. The maximum atomic E-state index is 11.5. The molecule has 0 spiro atoms. The van der Waals surface area contributed by atoms with E-state index >= 15 is 0 Å². The molecule has 1 unspecified atom stereocenters. The van der Waals surface area contributed by atoms with Crippen LogP contribution in [-0.4, -0.2) is 56.5 Å². The quantitative estimate of drug-likeness (QED) is 0.742. The zero-order chi connectivity index (χ0) is 13.6. The van der Waals surface area contributed by atoms with E-state index in [1.54, 1.807) is 0 Å². The molecule has 1 aliphatic heterocycles. The summed E-state index contributed by atoms with van der Waals surface area (Å²) in [5, 5.41) is 3.41. The normalized spacial score (nSPS) is 22.9. The van der Waals surface area contributed by atoms with E-state index in [1.165, 1.54) is 0 Å². The number of sulfone groups is 1. The monoisotopic (exact) mass is 276 g/mol. The molecule has 1 aliphatic rings. The van der Waals surface area contributed by atoms with Gasteiger partial charge in [-0.3, -0.25) is 4.90 Å². The van der Waals surface area contributed by atoms with Gasteiger partial charge in [0.25, 0.3) is 0 Å². The highest BCUT2D eigenvalue weighted by atomic mass is 32.2. The van der Waals surface area contributed by atoms with Gasteiger partial charge >= 0.3 is 0 Å². The molecule has 0 aromatic heterocycles. The second-order valence-corrected chi connectivity index (χ2v) is 7.95. The third kappa shape index (κ3) is 6.16. The van der Waals surface area contributed by atoms with Crippen LogP contribution in [0.4, 0.5) is 0 Å². The fraction of sp³-hybridized carbons (Fsp3) is 1.00. The first-order valence-corrected chi connectivity index (χ1v) is 8.91. The highest BCUT2D eigenvalue weighted by Gasteiger charge is 2.21. The summed E-state index contributed by atoms with van der Waals surface area (Å²) >= 11 is 0. The highest BCUT2D eigenvalue weighted by Crippen LogP contribution is 2.12. The lowest BCUT2D eigenvalue weighted by Gasteiger charge is -2.27. The molecule has 0 saturated carbocycles. The van der Waals surface area contributed by atoms with Crippen LogP contribution in [0.5, 0.6) is 0 Å². The fourth-order valence-electron chi connectivity index (χ4n) is 2.37. The van der Waals surface area contributed by atoms with Gasteiger partial charge in [-0.1, -0.05) is 13.8 Å². The van der Waals surface area contributed by atoms with Crippen LogP contribution >= 0.6 is 0 Å². The second-order valence-electron chi connectivity index (χ2n) is 5.64. The Hall–Kier alpha value is -0.130. The lowest BCUT2D eigenvalue weighted by atomic mass is 10.1. The molecule has 0 bridgehead atoms. The van der Waals surface area contributed by atoms with Crippen molar-refractivity contribution in [2.45, 2.75) is 52.1 Å². The van der Waals surface area contributed by atoms with Crippen molar-refractivity contribution in [3.05, 3.63) is 0 Å². The molecular weight excluding hydrogens is 248 g/mol. The van der Waals surface area contributed by atoms with Gasteiger partial charge in [-0.25, -0.2) is 8.42 Å². The third-order valence-corrected chi connectivity index (χ3v) is 5.28. The predicted molar refractivity (Wildman–Crippen MR) is 76.7 cm³/mol. The zero-order valence-electron chi connectivity index (χ0n) is 12.0. The number of rotatable bonds is 6. The molecule has 18 heavy (non-hydrogen) atoms. The molecule has 1 saturated heterocycles. The molecule has 4 nitrogen and oxygen atoms in total. The Morgan fingerprint density at radius 2 is 1.89 bits per heavy atom. The summed E-state index contributed by atoms with van der Waals surface area (Å²) in [6, 6.07) is 1.04. The summed E-state index contributed by atoms with van der Waals surface area (Å²) < 4.78 is 23.1. The van der Waals surface area contributed by atoms with Gasteiger partial charge in [0.15, 0.2) is 9.84 Å². The van der Waals surface area contributed by atoms with Crippen LogP contribution in [0.1, 0.15) is 40.0 Å². The van der Waals surface area contributed by atoms with E-state index in [0.29, 0.717) is 30.1 Å². The summed E-state index contributed by atoms with van der Waals surface area (Å²) in [4.78, 5) is 2.33. The molecule has 0 aromatic carbocycles. The maximum Gasteiger partial charge on any atom is 0.151 e. The molecule has 0 radical (unpaired) electrons. The van der Waals surface area contributed by atoms with E-state index in [9.17, 15) is 8.42 Å². The van der Waals surface area contributed by atoms with Crippen molar-refractivity contribution >= 4 is 9.84 Å². The lowest BCUT2D eigenvalue weighted by molar-refractivity contribution is 0.212. The van der Waals surface area contributed by atoms with Gasteiger partial charge in [0.1, 0.15) is 0 Å². The molecule has 1 fully saturated rings. The van der Waals surface area contributed by atoms with Crippen molar-refractivity contribution in [3.63, 3.8) is 0 Å². The van der Waals surface area contributed by atoms with E-state index < -0.39 is 9.84 Å². The highest BCUT2D eigenvalue weighted by molar-refractivity contribution is 7.91. The molecule has 1 heterocycles. The molecule has 1 N–H and O–H groups in total. The molecule has 108 valence electrons. The SMILES string of the molecule is CC(C)NCCCC(C)N1CCCS(=O)(=O)CC1. The van der Waals surface area contributed by atoms with Gasteiger partial charge in [0.2, 0.25) is 0 Å². The van der Waals surface area contributed by atoms with Gasteiger partial charge in [-0.15, -0.1) is 0 Å². The van der Waals surface area contributed by atoms with Crippen LogP contribution in [0, 0.1) is 0 Å². The number of nitrogens with zero attached hydrogens (tertiary/aromatic N) is 1. The largest absolute Gasteiger partial charge is 0.315 e. The van der Waals surface area contributed by atoms with Crippen LogP contribution < -0.4 is 5.32 Å². The molecule has 5 heteroatoms. The van der Waals surface area contributed by atoms with Crippen molar-refractivity contribution in [2.75, 3.05) is 31.1 Å². The standard InChI is InChI=1S/C13H28N2O2S/c1-12(2)14-7-4-6-13(3)15-8-5-10-18(16,17)11-9-15/h12-14H,4-11H2,1-3H3. The third-order valence-electron chi connectivity index (χ3n) is 3.56. The Morgan fingerprint density at radius 1 is 1.17 bits per heavy atom. The number of hydrogen-bond acceptors (Lipinski definition) is 4. The first kappa shape index (κ1) is 15.9. The molecule has 0 amide bonds. The predicted octanol–water partition coefficient (Wildman–Crippen LogP) is 1.27. The second kappa shape index (κ2) is 7.46. The van der Waals surface area contributed by atoms with E-state index in [4.69, 9.17) is 0 Å². The number of hydrogen-bond donors (Lipinski definition) is 1. The average molecular weight is 276 g/mol. The molecule has 1 rings (SSSR count). The smallest absolute Gasteiger partial charge is 0.151 e. The Balaban J connectivity index is 2.27. The summed E-state index contributed by atoms with van der Waals surface area (Å²) in [6.45, 7) is 9.22. The van der Waals surface area contributed by atoms with Crippen molar-refractivity contribution < 1.29 is 8.42 Å². The Labute approximate surface area is 112 Å². The first-order valence-electron chi connectivity index (χ1n) is 7.08. The van der Waals surface area contributed by atoms with Gasteiger partial charge in [-0.05, 0) is 39.3 Å². The molecular formula is C13H28N2O2S. The van der Waals surface area contributed by atoms with Gasteiger partial charge < -0.3 is 5.32 Å². The van der Waals surface area contributed by atoms with Crippen LogP contribution in [-0.2, 0) is 9.84 Å². The van der Waals surface area contributed by atoms with Gasteiger partial charge in [0, 0.05) is 18.6 Å². The van der Waals surface area contributed by atoms with Crippen molar-refractivity contribution in [2.24, 2.45) is 0 Å². The van der Waals surface area contributed by atoms with Crippen molar-refractivity contribution in [1.29, 1.82) is 0 Å². The van der Waals surface area contributed by atoms with Gasteiger partial charge in [0.05, 0.1) is 11.5 Å². The summed E-state index contributed by atoms with van der Waals surface area (Å²) in [5.74, 6) is 0.701. The minimum absolute atomic E-state index is 0.335. The lowest BCUT2D eigenvalue weighted by Crippen LogP contribution is -2.36.